The van der Waals surface area contributed by atoms with Gasteiger partial charge in [0.25, 0.3) is 0 Å². The monoisotopic (exact) mass is 293 g/mol. The molecule has 0 fully saturated rings. The van der Waals surface area contributed by atoms with Gasteiger partial charge in [-0.05, 0) is 32.9 Å². The molecular weight excluding hydrogens is 274 g/mol. The predicted octanol–water partition coefficient (Wildman–Crippen LogP) is 2.90. The average molecular weight is 294 g/mol. The number of carbonyl (C=O) groups is 1. The zero-order valence-corrected chi connectivity index (χ0v) is 12.8. The van der Waals surface area contributed by atoms with Gasteiger partial charge in [0, 0.05) is 18.3 Å². The van der Waals surface area contributed by atoms with Crippen LogP contribution in [0, 0.1) is 0 Å². The Bertz CT molecular complexity index is 606. The second kappa shape index (κ2) is 6.27. The number of nitrogens with one attached hydrogen (secondary N) is 1. The van der Waals surface area contributed by atoms with Crippen LogP contribution in [0.25, 0.3) is 11.0 Å². The van der Waals surface area contributed by atoms with Crippen LogP contribution >= 0.6 is 11.6 Å². The van der Waals surface area contributed by atoms with E-state index in [4.69, 9.17) is 11.6 Å². The van der Waals surface area contributed by atoms with Crippen molar-refractivity contribution in [3.05, 3.63) is 30.1 Å². The molecule has 0 aliphatic heterocycles. The third-order valence-electron chi connectivity index (χ3n) is 3.18. The number of aryl methyl sites for hydroxylation is 1. The zero-order chi connectivity index (χ0) is 14.7. The van der Waals surface area contributed by atoms with E-state index in [2.05, 4.69) is 10.3 Å². The van der Waals surface area contributed by atoms with Crippen molar-refractivity contribution in [2.75, 3.05) is 5.88 Å². The molecule has 0 aliphatic rings. The number of hydrogen-bond donors (Lipinski definition) is 1. The lowest BCUT2D eigenvalue weighted by atomic mass is 10.2. The number of halogens is 1. The number of fused-ring (bicyclic) bond motifs is 1. The van der Waals surface area contributed by atoms with Gasteiger partial charge >= 0.3 is 0 Å². The highest BCUT2D eigenvalue weighted by Crippen LogP contribution is 2.22. The molecule has 1 unspecified atom stereocenters. The highest BCUT2D eigenvalue weighted by atomic mass is 35.5. The molecule has 1 aromatic carbocycles. The third kappa shape index (κ3) is 2.96. The lowest BCUT2D eigenvalue weighted by Gasteiger charge is -2.18. The summed E-state index contributed by atoms with van der Waals surface area (Å²) in [6, 6.07) is 7.66. The number of carbonyl (C=O) groups excluding carboxylic acids is 1. The quantitative estimate of drug-likeness (QED) is 0.862. The first-order valence-corrected chi connectivity index (χ1v) is 7.40. The summed E-state index contributed by atoms with van der Waals surface area (Å²) in [7, 11) is 0. The minimum atomic E-state index is -0.303. The maximum Gasteiger partial charge on any atom is 0.243 e. The number of rotatable bonds is 5. The first kappa shape index (κ1) is 14.9. The Morgan fingerprint density at radius 3 is 2.70 bits per heavy atom. The Balaban J connectivity index is 2.45. The van der Waals surface area contributed by atoms with E-state index in [0.717, 1.165) is 16.9 Å². The normalized spacial score (nSPS) is 12.8. The van der Waals surface area contributed by atoms with E-state index in [9.17, 15) is 4.79 Å². The molecule has 20 heavy (non-hydrogen) atoms. The Morgan fingerprint density at radius 1 is 1.35 bits per heavy atom. The fourth-order valence-corrected chi connectivity index (χ4v) is 2.48. The standard InChI is InChI=1S/C15H20ClN3O/c1-10(2)17-15(20)11(3)19-13-7-5-4-6-12(13)18-14(19)8-9-16/h4-7,10-11H,8-9H2,1-3H3,(H,17,20). The van der Waals surface area contributed by atoms with E-state index >= 15 is 0 Å². The molecule has 2 aromatic rings. The minimum Gasteiger partial charge on any atom is -0.352 e. The van der Waals surface area contributed by atoms with Gasteiger partial charge in [0.2, 0.25) is 5.91 Å². The Labute approximate surface area is 124 Å². The van der Waals surface area contributed by atoms with Crippen LogP contribution < -0.4 is 5.32 Å². The van der Waals surface area contributed by atoms with E-state index in [0.29, 0.717) is 12.3 Å². The van der Waals surface area contributed by atoms with Gasteiger partial charge in [-0.2, -0.15) is 0 Å². The number of para-hydroxylation sites is 2. The van der Waals surface area contributed by atoms with Crippen LogP contribution in [0.3, 0.4) is 0 Å². The lowest BCUT2D eigenvalue weighted by molar-refractivity contribution is -0.124. The van der Waals surface area contributed by atoms with Crippen molar-refractivity contribution in [2.24, 2.45) is 0 Å². The van der Waals surface area contributed by atoms with Gasteiger partial charge in [0.1, 0.15) is 11.9 Å². The molecule has 108 valence electrons. The first-order valence-electron chi connectivity index (χ1n) is 6.86. The van der Waals surface area contributed by atoms with Crippen LogP contribution in [0.5, 0.6) is 0 Å². The molecule has 2 rings (SSSR count). The summed E-state index contributed by atoms with van der Waals surface area (Å²) in [5.74, 6) is 1.34. The van der Waals surface area contributed by atoms with Crippen molar-refractivity contribution in [2.45, 2.75) is 39.3 Å². The van der Waals surface area contributed by atoms with Gasteiger partial charge in [-0.15, -0.1) is 11.6 Å². The Kier molecular flexibility index (Phi) is 4.65. The van der Waals surface area contributed by atoms with Crippen LogP contribution in [0.2, 0.25) is 0 Å². The van der Waals surface area contributed by atoms with E-state index in [1.54, 1.807) is 0 Å². The molecule has 0 saturated heterocycles. The molecule has 0 spiro atoms. The van der Waals surface area contributed by atoms with Crippen LogP contribution in [0.15, 0.2) is 24.3 Å². The molecule has 1 heterocycles. The summed E-state index contributed by atoms with van der Waals surface area (Å²) in [5, 5.41) is 2.94. The highest BCUT2D eigenvalue weighted by molar-refractivity contribution is 6.17. The number of benzene rings is 1. The molecule has 0 saturated carbocycles. The molecule has 0 bridgehead atoms. The highest BCUT2D eigenvalue weighted by Gasteiger charge is 2.21. The Hall–Kier alpha value is -1.55. The van der Waals surface area contributed by atoms with E-state index in [1.807, 2.05) is 49.6 Å². The fourth-order valence-electron chi connectivity index (χ4n) is 2.31. The van der Waals surface area contributed by atoms with E-state index < -0.39 is 0 Å². The number of alkyl halides is 1. The zero-order valence-electron chi connectivity index (χ0n) is 12.1. The summed E-state index contributed by atoms with van der Waals surface area (Å²) < 4.78 is 1.98. The van der Waals surface area contributed by atoms with E-state index in [1.165, 1.54) is 0 Å². The summed E-state index contributed by atoms with van der Waals surface area (Å²) in [5.41, 5.74) is 1.87. The summed E-state index contributed by atoms with van der Waals surface area (Å²) >= 11 is 5.85. The molecule has 1 N–H and O–H groups in total. The number of aromatic nitrogens is 2. The van der Waals surface area contributed by atoms with Gasteiger partial charge in [0.05, 0.1) is 11.0 Å². The predicted molar refractivity (Wildman–Crippen MR) is 82.1 cm³/mol. The van der Waals surface area contributed by atoms with Crippen molar-refractivity contribution in [1.82, 2.24) is 14.9 Å². The van der Waals surface area contributed by atoms with Gasteiger partial charge in [-0.3, -0.25) is 4.79 Å². The summed E-state index contributed by atoms with van der Waals surface area (Å²) in [6.45, 7) is 5.80. The molecular formula is C15H20ClN3O. The topological polar surface area (TPSA) is 46.9 Å². The number of amides is 1. The SMILES string of the molecule is CC(C)NC(=O)C(C)n1c(CCCl)nc2ccccc21. The van der Waals surface area contributed by atoms with Gasteiger partial charge in [0.15, 0.2) is 0 Å². The molecule has 0 aliphatic carbocycles. The summed E-state index contributed by atoms with van der Waals surface area (Å²) in [6.07, 6.45) is 0.648. The van der Waals surface area contributed by atoms with Crippen molar-refractivity contribution in [3.8, 4) is 0 Å². The number of nitrogens with zero attached hydrogens (tertiary/aromatic N) is 2. The van der Waals surface area contributed by atoms with Gasteiger partial charge < -0.3 is 9.88 Å². The van der Waals surface area contributed by atoms with Gasteiger partial charge in [-0.1, -0.05) is 12.1 Å². The largest absolute Gasteiger partial charge is 0.352 e. The second-order valence-corrected chi connectivity index (χ2v) is 5.54. The maximum atomic E-state index is 12.3. The van der Waals surface area contributed by atoms with Crippen LogP contribution in [0.1, 0.15) is 32.6 Å². The van der Waals surface area contributed by atoms with Gasteiger partial charge in [-0.25, -0.2) is 4.98 Å². The molecule has 1 amide bonds. The first-order chi connectivity index (χ1) is 9.54. The lowest BCUT2D eigenvalue weighted by Crippen LogP contribution is -2.36. The van der Waals surface area contributed by atoms with Crippen LogP contribution in [-0.4, -0.2) is 27.4 Å². The minimum absolute atomic E-state index is 0.000949. The van der Waals surface area contributed by atoms with Crippen molar-refractivity contribution in [3.63, 3.8) is 0 Å². The summed E-state index contributed by atoms with van der Waals surface area (Å²) in [4.78, 5) is 16.8. The van der Waals surface area contributed by atoms with Crippen molar-refractivity contribution >= 4 is 28.5 Å². The molecule has 5 heteroatoms. The number of hydrogen-bond acceptors (Lipinski definition) is 2. The molecule has 1 atom stereocenters. The Morgan fingerprint density at radius 2 is 2.05 bits per heavy atom. The van der Waals surface area contributed by atoms with E-state index in [-0.39, 0.29) is 18.0 Å². The van der Waals surface area contributed by atoms with Crippen molar-refractivity contribution < 1.29 is 4.79 Å². The molecule has 0 radical (unpaired) electrons. The third-order valence-corrected chi connectivity index (χ3v) is 3.37. The van der Waals surface area contributed by atoms with Crippen molar-refractivity contribution in [1.29, 1.82) is 0 Å². The van der Waals surface area contributed by atoms with Crippen LogP contribution in [0.4, 0.5) is 0 Å². The smallest absolute Gasteiger partial charge is 0.243 e. The fraction of sp³-hybridized carbons (Fsp3) is 0.467. The molecule has 1 aromatic heterocycles. The second-order valence-electron chi connectivity index (χ2n) is 5.16. The average Bonchev–Trinajstić information content (AvgIpc) is 2.75. The molecule has 4 nitrogen and oxygen atoms in total. The number of imidazole rings is 1. The maximum absolute atomic E-state index is 12.3. The van der Waals surface area contributed by atoms with Crippen LogP contribution in [-0.2, 0) is 11.2 Å².